The summed E-state index contributed by atoms with van der Waals surface area (Å²) in [5.41, 5.74) is 2.26. The number of cyclic esters (lactones) is 1. The second-order valence-electron chi connectivity index (χ2n) is 8.44. The summed E-state index contributed by atoms with van der Waals surface area (Å²) >= 11 is 0. The number of aryl methyl sites for hydroxylation is 1. The predicted molar refractivity (Wildman–Crippen MR) is 126 cm³/mol. The third kappa shape index (κ3) is 4.33. The van der Waals surface area contributed by atoms with Gasteiger partial charge in [0, 0.05) is 38.2 Å². The number of hydrogen-bond donors (Lipinski definition) is 0. The Morgan fingerprint density at radius 2 is 1.82 bits per heavy atom. The summed E-state index contributed by atoms with van der Waals surface area (Å²) in [5.74, 6) is -0.332. The average Bonchev–Trinajstić information content (AvgIpc) is 2.81. The molecule has 2 atom stereocenters. The topological polar surface area (TPSA) is 51.5 Å². The molecule has 1 amide bonds. The number of aromatic nitrogens is 1. The Bertz CT molecular complexity index is 1220. The molecular formula is C27H27FN2O3. The number of hydrogen-bond acceptors (Lipinski definition) is 3. The van der Waals surface area contributed by atoms with Gasteiger partial charge in [-0.15, -0.1) is 6.58 Å². The van der Waals surface area contributed by atoms with E-state index >= 15 is 0 Å². The summed E-state index contributed by atoms with van der Waals surface area (Å²) in [7, 11) is 1.72. The van der Waals surface area contributed by atoms with Crippen LogP contribution in [0.15, 0.2) is 84.3 Å². The van der Waals surface area contributed by atoms with E-state index in [9.17, 15) is 14.0 Å². The van der Waals surface area contributed by atoms with Crippen LogP contribution in [0.3, 0.4) is 0 Å². The fraction of sp³-hybridized carbons (Fsp3) is 0.259. The van der Waals surface area contributed by atoms with E-state index in [1.807, 2.05) is 37.3 Å². The van der Waals surface area contributed by atoms with E-state index in [4.69, 9.17) is 4.74 Å². The highest BCUT2D eigenvalue weighted by Crippen LogP contribution is 2.40. The van der Waals surface area contributed by atoms with Crippen LogP contribution in [0.2, 0.25) is 0 Å². The van der Waals surface area contributed by atoms with Gasteiger partial charge in [-0.05, 0) is 47.9 Å². The first-order valence-corrected chi connectivity index (χ1v) is 11.0. The van der Waals surface area contributed by atoms with Gasteiger partial charge in [0.05, 0.1) is 6.04 Å². The second kappa shape index (κ2) is 9.06. The quantitative estimate of drug-likeness (QED) is 0.466. The van der Waals surface area contributed by atoms with Crippen LogP contribution in [-0.4, -0.2) is 22.1 Å². The molecule has 1 aromatic heterocycles. The van der Waals surface area contributed by atoms with Gasteiger partial charge in [0.1, 0.15) is 11.4 Å². The van der Waals surface area contributed by atoms with Crippen LogP contribution >= 0.6 is 0 Å². The van der Waals surface area contributed by atoms with Crippen LogP contribution in [-0.2, 0) is 17.4 Å². The second-order valence-corrected chi connectivity index (χ2v) is 8.44. The third-order valence-electron chi connectivity index (χ3n) is 6.41. The molecule has 6 heteroatoms. The van der Waals surface area contributed by atoms with Gasteiger partial charge in [-0.25, -0.2) is 9.18 Å². The molecule has 0 saturated carbocycles. The van der Waals surface area contributed by atoms with Crippen LogP contribution in [0.1, 0.15) is 36.9 Å². The van der Waals surface area contributed by atoms with Gasteiger partial charge < -0.3 is 14.2 Å². The number of carbonyl (C=O) groups is 1. The Hall–Kier alpha value is -3.67. The van der Waals surface area contributed by atoms with E-state index in [1.165, 1.54) is 12.1 Å². The summed E-state index contributed by atoms with van der Waals surface area (Å²) in [5, 5.41) is 0. The van der Waals surface area contributed by atoms with Crippen molar-refractivity contribution in [3.05, 3.63) is 107 Å². The number of amides is 1. The first-order chi connectivity index (χ1) is 15.8. The zero-order chi connectivity index (χ0) is 23.6. The molecule has 2 unspecified atom stereocenters. The molecule has 3 aromatic rings. The first kappa shape index (κ1) is 22.5. The average molecular weight is 447 g/mol. The van der Waals surface area contributed by atoms with Crippen LogP contribution in [0.25, 0.3) is 11.1 Å². The van der Waals surface area contributed by atoms with E-state index in [2.05, 4.69) is 6.58 Å². The maximum atomic E-state index is 13.4. The molecule has 1 saturated heterocycles. The predicted octanol–water partition coefficient (Wildman–Crippen LogP) is 5.57. The number of carbonyl (C=O) groups excluding carboxylic acids is 1. The van der Waals surface area contributed by atoms with Crippen molar-refractivity contribution in [2.75, 3.05) is 6.54 Å². The molecule has 0 radical (unpaired) electrons. The zero-order valence-corrected chi connectivity index (χ0v) is 18.8. The van der Waals surface area contributed by atoms with Gasteiger partial charge in [-0.1, -0.05) is 42.5 Å². The van der Waals surface area contributed by atoms with Crippen LogP contribution in [0, 0.1) is 5.82 Å². The highest BCUT2D eigenvalue weighted by atomic mass is 19.1. The summed E-state index contributed by atoms with van der Waals surface area (Å²) < 4.78 is 20.9. The molecule has 33 heavy (non-hydrogen) atoms. The largest absolute Gasteiger partial charge is 0.437 e. The van der Waals surface area contributed by atoms with Crippen molar-refractivity contribution in [3.8, 4) is 11.1 Å². The van der Waals surface area contributed by atoms with Gasteiger partial charge >= 0.3 is 6.09 Å². The maximum absolute atomic E-state index is 13.4. The SMILES string of the molecule is C=CCC1(c2ccc(F)cc2)CCN(C(C)c2ccc(-c3cccn(C)c3=O)cc2)C(=O)O1. The standard InChI is InChI=1S/C27H27FN2O3/c1-4-15-27(22-11-13-23(28)14-12-22)16-18-30(26(32)33-27)19(2)20-7-9-21(10-8-20)24-6-5-17-29(3)25(24)31/h4-14,17,19H,1,15-16,18H2,2-3H3. The summed E-state index contributed by atoms with van der Waals surface area (Å²) in [6, 6.07) is 17.2. The van der Waals surface area contributed by atoms with E-state index in [1.54, 1.807) is 47.0 Å². The van der Waals surface area contributed by atoms with Crippen molar-refractivity contribution in [1.29, 1.82) is 0 Å². The molecule has 1 aliphatic heterocycles. The Balaban J connectivity index is 1.54. The summed E-state index contributed by atoms with van der Waals surface area (Å²) in [6.07, 6.45) is 4.05. The van der Waals surface area contributed by atoms with Crippen LogP contribution in [0.4, 0.5) is 9.18 Å². The lowest BCUT2D eigenvalue weighted by Crippen LogP contribution is -2.48. The lowest BCUT2D eigenvalue weighted by molar-refractivity contribution is -0.0588. The highest BCUT2D eigenvalue weighted by Gasteiger charge is 2.42. The lowest BCUT2D eigenvalue weighted by Gasteiger charge is -2.43. The van der Waals surface area contributed by atoms with Crippen molar-refractivity contribution in [3.63, 3.8) is 0 Å². The number of nitrogens with zero attached hydrogens (tertiary/aromatic N) is 2. The molecule has 2 aromatic carbocycles. The van der Waals surface area contributed by atoms with E-state index in [-0.39, 0.29) is 17.4 Å². The summed E-state index contributed by atoms with van der Waals surface area (Å²) in [4.78, 5) is 27.2. The van der Waals surface area contributed by atoms with Crippen molar-refractivity contribution in [1.82, 2.24) is 9.47 Å². The Kier molecular flexibility index (Phi) is 6.18. The van der Waals surface area contributed by atoms with E-state index in [0.29, 0.717) is 24.9 Å². The fourth-order valence-corrected chi connectivity index (χ4v) is 4.41. The normalized spacial score (nSPS) is 19.1. The molecule has 1 fully saturated rings. The molecule has 0 aliphatic carbocycles. The van der Waals surface area contributed by atoms with E-state index in [0.717, 1.165) is 16.7 Å². The van der Waals surface area contributed by atoms with Crippen molar-refractivity contribution < 1.29 is 13.9 Å². The summed E-state index contributed by atoms with van der Waals surface area (Å²) in [6.45, 7) is 6.26. The zero-order valence-electron chi connectivity index (χ0n) is 18.8. The molecule has 2 heterocycles. The minimum atomic E-state index is -0.847. The van der Waals surface area contributed by atoms with Crippen molar-refractivity contribution in [2.45, 2.75) is 31.4 Å². The third-order valence-corrected chi connectivity index (χ3v) is 6.41. The van der Waals surface area contributed by atoms with Gasteiger partial charge in [0.15, 0.2) is 0 Å². The minimum absolute atomic E-state index is 0.0581. The highest BCUT2D eigenvalue weighted by molar-refractivity contribution is 5.70. The Labute approximate surface area is 192 Å². The Morgan fingerprint density at radius 1 is 1.12 bits per heavy atom. The molecule has 0 bridgehead atoms. The number of ether oxygens (including phenoxy) is 1. The Morgan fingerprint density at radius 3 is 2.45 bits per heavy atom. The number of pyridine rings is 1. The first-order valence-electron chi connectivity index (χ1n) is 11.0. The molecule has 170 valence electrons. The number of benzene rings is 2. The van der Waals surface area contributed by atoms with Gasteiger partial charge in [-0.2, -0.15) is 0 Å². The van der Waals surface area contributed by atoms with Gasteiger partial charge in [0.25, 0.3) is 5.56 Å². The van der Waals surface area contributed by atoms with Gasteiger partial charge in [-0.3, -0.25) is 4.79 Å². The van der Waals surface area contributed by atoms with Crippen molar-refractivity contribution >= 4 is 6.09 Å². The minimum Gasteiger partial charge on any atom is -0.437 e. The fourth-order valence-electron chi connectivity index (χ4n) is 4.41. The van der Waals surface area contributed by atoms with Crippen LogP contribution in [0.5, 0.6) is 0 Å². The monoisotopic (exact) mass is 446 g/mol. The smallest absolute Gasteiger partial charge is 0.411 e. The molecule has 0 N–H and O–H groups in total. The molecule has 5 nitrogen and oxygen atoms in total. The lowest BCUT2D eigenvalue weighted by atomic mass is 9.85. The van der Waals surface area contributed by atoms with Crippen molar-refractivity contribution in [2.24, 2.45) is 7.05 Å². The maximum Gasteiger partial charge on any atom is 0.411 e. The van der Waals surface area contributed by atoms with E-state index < -0.39 is 11.7 Å². The van der Waals surface area contributed by atoms with Gasteiger partial charge in [0.2, 0.25) is 0 Å². The van der Waals surface area contributed by atoms with Crippen LogP contribution < -0.4 is 5.56 Å². The molecule has 4 rings (SSSR count). The molecule has 1 aliphatic rings. The molecule has 0 spiro atoms. The molecular weight excluding hydrogens is 419 g/mol. The number of halogens is 1. The number of rotatable bonds is 6.